The molecule has 146 valence electrons. The van der Waals surface area contributed by atoms with E-state index in [2.05, 4.69) is 17.4 Å². The number of nitrogens with one attached hydrogen (secondary N) is 1. The lowest BCUT2D eigenvalue weighted by molar-refractivity contribution is -0.0206. The summed E-state index contributed by atoms with van der Waals surface area (Å²) in [7, 11) is 0. The molecule has 0 aromatic heterocycles. The molecule has 2 aromatic carbocycles. The standard InChI is InChI=1S/C24H27NO3/c26-21-3-1-18(19-2-4-22-23(9-19)28-14-27-22)8-20(21)13-25-24-10-15-5-16(11-24)7-17(6-15)12-24/h1-4,8-9,15-17,25-26H,5-7,10-14H2. The Bertz CT molecular complexity index is 887. The van der Waals surface area contributed by atoms with Crippen molar-refractivity contribution in [3.63, 3.8) is 0 Å². The Kier molecular flexibility index (Phi) is 3.67. The van der Waals surface area contributed by atoms with E-state index in [0.717, 1.165) is 52.5 Å². The number of hydrogen-bond acceptors (Lipinski definition) is 4. The molecule has 0 spiro atoms. The van der Waals surface area contributed by atoms with Gasteiger partial charge in [-0.25, -0.2) is 0 Å². The van der Waals surface area contributed by atoms with Crippen LogP contribution in [0.5, 0.6) is 17.2 Å². The van der Waals surface area contributed by atoms with Crippen LogP contribution in [0.15, 0.2) is 36.4 Å². The minimum Gasteiger partial charge on any atom is -0.508 e. The predicted octanol–water partition coefficient (Wildman–Crippen LogP) is 4.85. The molecule has 2 aromatic rings. The van der Waals surface area contributed by atoms with Gasteiger partial charge in [0.25, 0.3) is 0 Å². The molecular weight excluding hydrogens is 350 g/mol. The van der Waals surface area contributed by atoms with Gasteiger partial charge in [0.15, 0.2) is 11.5 Å². The Morgan fingerprint density at radius 3 is 2.25 bits per heavy atom. The first-order valence-electron chi connectivity index (χ1n) is 10.6. The van der Waals surface area contributed by atoms with Gasteiger partial charge < -0.3 is 19.9 Å². The zero-order valence-corrected chi connectivity index (χ0v) is 16.1. The summed E-state index contributed by atoms with van der Waals surface area (Å²) in [6, 6.07) is 11.9. The molecule has 1 heterocycles. The third kappa shape index (κ3) is 2.77. The topological polar surface area (TPSA) is 50.7 Å². The van der Waals surface area contributed by atoms with Crippen molar-refractivity contribution in [2.45, 2.75) is 50.6 Å². The first kappa shape index (κ1) is 16.7. The van der Waals surface area contributed by atoms with Gasteiger partial charge in [-0.15, -0.1) is 0 Å². The fraction of sp³-hybridized carbons (Fsp3) is 0.500. The highest BCUT2D eigenvalue weighted by molar-refractivity contribution is 5.69. The number of phenols is 1. The van der Waals surface area contributed by atoms with E-state index in [1.165, 1.54) is 38.5 Å². The van der Waals surface area contributed by atoms with Gasteiger partial charge in [0, 0.05) is 17.6 Å². The van der Waals surface area contributed by atoms with Crippen molar-refractivity contribution in [3.8, 4) is 28.4 Å². The minimum atomic E-state index is 0.286. The summed E-state index contributed by atoms with van der Waals surface area (Å²) in [6.07, 6.45) is 8.31. The number of rotatable bonds is 4. The Morgan fingerprint density at radius 1 is 0.857 bits per heavy atom. The molecule has 0 unspecified atom stereocenters. The largest absolute Gasteiger partial charge is 0.508 e. The molecule has 0 atom stereocenters. The summed E-state index contributed by atoms with van der Waals surface area (Å²) in [4.78, 5) is 0. The summed E-state index contributed by atoms with van der Waals surface area (Å²) in [5, 5.41) is 14.4. The molecule has 4 bridgehead atoms. The maximum Gasteiger partial charge on any atom is 0.231 e. The maximum absolute atomic E-state index is 10.5. The normalized spacial score (nSPS) is 32.1. The minimum absolute atomic E-state index is 0.286. The summed E-state index contributed by atoms with van der Waals surface area (Å²) in [6.45, 7) is 1.02. The fourth-order valence-electron chi connectivity index (χ4n) is 6.59. The fourth-order valence-corrected chi connectivity index (χ4v) is 6.59. The third-order valence-corrected chi connectivity index (χ3v) is 7.48. The Labute approximate surface area is 165 Å². The highest BCUT2D eigenvalue weighted by atomic mass is 16.7. The molecule has 0 amide bonds. The van der Waals surface area contributed by atoms with E-state index in [1.54, 1.807) is 0 Å². The lowest BCUT2D eigenvalue weighted by Gasteiger charge is -2.57. The van der Waals surface area contributed by atoms with Crippen LogP contribution in [-0.2, 0) is 6.54 Å². The van der Waals surface area contributed by atoms with Crippen molar-refractivity contribution >= 4 is 0 Å². The van der Waals surface area contributed by atoms with Gasteiger partial charge in [0.1, 0.15) is 5.75 Å². The average Bonchev–Trinajstić information content (AvgIpc) is 3.14. The zero-order chi connectivity index (χ0) is 18.7. The van der Waals surface area contributed by atoms with E-state index in [9.17, 15) is 5.11 Å². The zero-order valence-electron chi connectivity index (χ0n) is 16.1. The molecule has 2 N–H and O–H groups in total. The summed E-state index contributed by atoms with van der Waals surface area (Å²) in [5.41, 5.74) is 3.46. The number of ether oxygens (including phenoxy) is 2. The second-order valence-electron chi connectivity index (χ2n) is 9.46. The molecular formula is C24H27NO3. The molecule has 28 heavy (non-hydrogen) atoms. The van der Waals surface area contributed by atoms with Crippen LogP contribution in [0.3, 0.4) is 0 Å². The molecule has 0 saturated heterocycles. The molecule has 5 aliphatic rings. The van der Waals surface area contributed by atoms with Crippen molar-refractivity contribution in [1.82, 2.24) is 5.32 Å². The lowest BCUT2D eigenvalue weighted by atomic mass is 9.53. The Morgan fingerprint density at radius 2 is 1.50 bits per heavy atom. The van der Waals surface area contributed by atoms with Crippen LogP contribution in [0.1, 0.15) is 44.1 Å². The van der Waals surface area contributed by atoms with Gasteiger partial charge in [-0.2, -0.15) is 0 Å². The van der Waals surface area contributed by atoms with Gasteiger partial charge >= 0.3 is 0 Å². The first-order valence-corrected chi connectivity index (χ1v) is 10.6. The van der Waals surface area contributed by atoms with Gasteiger partial charge in [-0.1, -0.05) is 12.1 Å². The van der Waals surface area contributed by atoms with Gasteiger partial charge in [-0.05, 0) is 91.7 Å². The molecule has 1 aliphatic heterocycles. The average molecular weight is 377 g/mol. The van der Waals surface area contributed by atoms with E-state index in [4.69, 9.17) is 9.47 Å². The Balaban J connectivity index is 1.24. The van der Waals surface area contributed by atoms with E-state index < -0.39 is 0 Å². The van der Waals surface area contributed by atoms with Crippen LogP contribution in [-0.4, -0.2) is 17.4 Å². The van der Waals surface area contributed by atoms with Crippen LogP contribution >= 0.6 is 0 Å². The molecule has 4 nitrogen and oxygen atoms in total. The van der Waals surface area contributed by atoms with Crippen LogP contribution in [0.25, 0.3) is 11.1 Å². The first-order chi connectivity index (χ1) is 13.7. The highest BCUT2D eigenvalue weighted by Gasteiger charge is 2.50. The summed E-state index contributed by atoms with van der Waals surface area (Å²) < 4.78 is 10.9. The van der Waals surface area contributed by atoms with Crippen LogP contribution in [0, 0.1) is 17.8 Å². The number of phenolic OH excluding ortho intramolecular Hbond substituents is 1. The highest BCUT2D eigenvalue weighted by Crippen LogP contribution is 2.55. The summed E-state index contributed by atoms with van der Waals surface area (Å²) >= 11 is 0. The predicted molar refractivity (Wildman–Crippen MR) is 107 cm³/mol. The van der Waals surface area contributed by atoms with Crippen molar-refractivity contribution in [2.24, 2.45) is 17.8 Å². The molecule has 4 aliphatic carbocycles. The second kappa shape index (κ2) is 6.15. The van der Waals surface area contributed by atoms with Crippen molar-refractivity contribution < 1.29 is 14.6 Å². The van der Waals surface area contributed by atoms with Crippen molar-refractivity contribution in [1.29, 1.82) is 0 Å². The monoisotopic (exact) mass is 377 g/mol. The summed E-state index contributed by atoms with van der Waals surface area (Å²) in [5.74, 6) is 4.73. The van der Waals surface area contributed by atoms with Crippen molar-refractivity contribution in [3.05, 3.63) is 42.0 Å². The second-order valence-corrected chi connectivity index (χ2v) is 9.46. The quantitative estimate of drug-likeness (QED) is 0.800. The SMILES string of the molecule is Oc1ccc(-c2ccc3c(c2)OCO3)cc1CNC12CC3CC(CC(C3)C1)C2. The third-order valence-electron chi connectivity index (χ3n) is 7.48. The molecule has 0 radical (unpaired) electrons. The molecule has 4 heteroatoms. The smallest absolute Gasteiger partial charge is 0.231 e. The van der Waals surface area contributed by atoms with E-state index in [0.29, 0.717) is 11.3 Å². The van der Waals surface area contributed by atoms with E-state index in [-0.39, 0.29) is 6.79 Å². The molecule has 4 saturated carbocycles. The van der Waals surface area contributed by atoms with Crippen LogP contribution in [0.2, 0.25) is 0 Å². The van der Waals surface area contributed by atoms with Crippen LogP contribution in [0.4, 0.5) is 0 Å². The number of fused-ring (bicyclic) bond motifs is 1. The number of aromatic hydroxyl groups is 1. The lowest BCUT2D eigenvalue weighted by Crippen LogP contribution is -2.58. The van der Waals surface area contributed by atoms with Gasteiger partial charge in [0.05, 0.1) is 0 Å². The van der Waals surface area contributed by atoms with E-state index >= 15 is 0 Å². The van der Waals surface area contributed by atoms with Gasteiger partial charge in [-0.3, -0.25) is 0 Å². The number of benzene rings is 2. The molecule has 7 rings (SSSR count). The van der Waals surface area contributed by atoms with Gasteiger partial charge in [0.2, 0.25) is 6.79 Å². The van der Waals surface area contributed by atoms with E-state index in [1.807, 2.05) is 24.3 Å². The Hall–Kier alpha value is -2.20. The molecule has 4 fully saturated rings. The number of hydrogen-bond donors (Lipinski definition) is 2. The van der Waals surface area contributed by atoms with Crippen molar-refractivity contribution in [2.75, 3.05) is 6.79 Å². The maximum atomic E-state index is 10.5. The van der Waals surface area contributed by atoms with Crippen LogP contribution < -0.4 is 14.8 Å².